The van der Waals surface area contributed by atoms with Gasteiger partial charge in [-0.2, -0.15) is 0 Å². The average molecular weight is 621 g/mol. The maximum absolute atomic E-state index is 4.96. The van der Waals surface area contributed by atoms with Gasteiger partial charge in [-0.05, 0) is 41.5 Å². The number of aromatic nitrogens is 6. The van der Waals surface area contributed by atoms with Gasteiger partial charge >= 0.3 is 0 Å². The molecule has 0 bridgehead atoms. The summed E-state index contributed by atoms with van der Waals surface area (Å²) in [5.41, 5.74) is 6.48. The molecule has 9 rings (SSSR count). The lowest BCUT2D eigenvalue weighted by atomic mass is 10.0. The Kier molecular flexibility index (Phi) is 6.54. The fraction of sp³-hybridized carbons (Fsp3) is 0. The van der Waals surface area contributed by atoms with Gasteiger partial charge in [-0.3, -0.25) is 0 Å². The van der Waals surface area contributed by atoms with Gasteiger partial charge in [-0.15, -0.1) is 11.3 Å². The molecule has 0 N–H and O–H groups in total. The Labute approximate surface area is 274 Å². The fourth-order valence-corrected chi connectivity index (χ4v) is 6.91. The summed E-state index contributed by atoms with van der Waals surface area (Å²) < 4.78 is 1.23. The van der Waals surface area contributed by atoms with Gasteiger partial charge in [-0.25, -0.2) is 29.9 Å². The molecule has 0 fully saturated rings. The Morgan fingerprint density at radius 1 is 0.404 bits per heavy atom. The molecule has 4 heterocycles. The third kappa shape index (κ3) is 5.09. The van der Waals surface area contributed by atoms with Crippen LogP contribution in [0.1, 0.15) is 0 Å². The molecule has 0 saturated heterocycles. The van der Waals surface area contributed by atoms with Crippen LogP contribution in [0.2, 0.25) is 0 Å². The molecule has 0 saturated carbocycles. The van der Waals surface area contributed by atoms with Crippen LogP contribution >= 0.6 is 11.3 Å². The van der Waals surface area contributed by atoms with E-state index in [1.165, 1.54) is 10.1 Å². The van der Waals surface area contributed by atoms with Crippen molar-refractivity contribution in [1.82, 2.24) is 29.9 Å². The number of pyridine rings is 1. The van der Waals surface area contributed by atoms with Crippen LogP contribution < -0.4 is 0 Å². The van der Waals surface area contributed by atoms with Crippen LogP contribution in [0, 0.1) is 0 Å². The zero-order valence-electron chi connectivity index (χ0n) is 24.9. The summed E-state index contributed by atoms with van der Waals surface area (Å²) in [6.07, 6.45) is 1.87. The van der Waals surface area contributed by atoms with Crippen molar-refractivity contribution in [2.75, 3.05) is 0 Å². The summed E-state index contributed by atoms with van der Waals surface area (Å²) in [6.45, 7) is 0. The molecule has 220 valence electrons. The standard InChI is InChI=1S/C40H24N6S/c1-3-10-25(11-4-1)36-44-37(26-12-5-2-6-13-26)46-38(45-36)29-15-9-14-27(22-29)28-18-19-30-24-41-39(42-34(30)23-28)33-21-20-32-31-16-7-8-17-35(31)47-40(32)43-33/h1-24H. The van der Waals surface area contributed by atoms with E-state index in [0.717, 1.165) is 54.6 Å². The second-order valence-electron chi connectivity index (χ2n) is 11.2. The molecule has 9 aromatic rings. The molecule has 0 aliphatic rings. The van der Waals surface area contributed by atoms with Gasteiger partial charge in [0.25, 0.3) is 0 Å². The van der Waals surface area contributed by atoms with Gasteiger partial charge in [0, 0.05) is 43.7 Å². The van der Waals surface area contributed by atoms with Crippen molar-refractivity contribution < 1.29 is 0 Å². The third-order valence-electron chi connectivity index (χ3n) is 8.21. The molecular formula is C40H24N6S. The van der Waals surface area contributed by atoms with E-state index >= 15 is 0 Å². The first-order valence-corrected chi connectivity index (χ1v) is 16.1. The zero-order valence-corrected chi connectivity index (χ0v) is 25.8. The Hall–Kier alpha value is -6.18. The highest BCUT2D eigenvalue weighted by Crippen LogP contribution is 2.34. The Morgan fingerprint density at radius 2 is 1.04 bits per heavy atom. The third-order valence-corrected chi connectivity index (χ3v) is 9.29. The second-order valence-corrected chi connectivity index (χ2v) is 12.3. The highest BCUT2D eigenvalue weighted by Gasteiger charge is 2.14. The number of rotatable bonds is 5. The van der Waals surface area contributed by atoms with E-state index in [-0.39, 0.29) is 0 Å². The number of nitrogens with zero attached hydrogens (tertiary/aromatic N) is 6. The normalized spacial score (nSPS) is 11.4. The van der Waals surface area contributed by atoms with Crippen molar-refractivity contribution in [1.29, 1.82) is 0 Å². The molecule has 0 atom stereocenters. The Morgan fingerprint density at radius 3 is 1.81 bits per heavy atom. The van der Waals surface area contributed by atoms with Crippen molar-refractivity contribution in [3.63, 3.8) is 0 Å². The van der Waals surface area contributed by atoms with Crippen LogP contribution in [-0.2, 0) is 0 Å². The summed E-state index contributed by atoms with van der Waals surface area (Å²) in [6, 6.07) is 47.2. The predicted octanol–water partition coefficient (Wildman–Crippen LogP) is 9.91. The van der Waals surface area contributed by atoms with Crippen molar-refractivity contribution in [3.05, 3.63) is 146 Å². The first-order valence-electron chi connectivity index (χ1n) is 15.3. The highest BCUT2D eigenvalue weighted by atomic mass is 32.1. The van der Waals surface area contributed by atoms with E-state index in [2.05, 4.69) is 65.6 Å². The van der Waals surface area contributed by atoms with Crippen LogP contribution in [0.3, 0.4) is 0 Å². The first-order chi connectivity index (χ1) is 23.2. The van der Waals surface area contributed by atoms with Gasteiger partial charge in [0.1, 0.15) is 10.5 Å². The summed E-state index contributed by atoms with van der Waals surface area (Å²) in [7, 11) is 0. The van der Waals surface area contributed by atoms with Crippen LogP contribution in [0.4, 0.5) is 0 Å². The highest BCUT2D eigenvalue weighted by molar-refractivity contribution is 7.25. The van der Waals surface area contributed by atoms with Crippen LogP contribution in [0.15, 0.2) is 146 Å². The lowest BCUT2D eigenvalue weighted by Crippen LogP contribution is -2.00. The van der Waals surface area contributed by atoms with Crippen molar-refractivity contribution >= 4 is 42.5 Å². The maximum atomic E-state index is 4.96. The lowest BCUT2D eigenvalue weighted by molar-refractivity contribution is 1.07. The molecule has 47 heavy (non-hydrogen) atoms. The number of hydrogen-bond acceptors (Lipinski definition) is 7. The number of fused-ring (bicyclic) bond motifs is 4. The van der Waals surface area contributed by atoms with E-state index in [9.17, 15) is 0 Å². The van der Waals surface area contributed by atoms with Crippen molar-refractivity contribution in [3.8, 4) is 56.8 Å². The van der Waals surface area contributed by atoms with Gasteiger partial charge in [0.05, 0.1) is 5.52 Å². The van der Waals surface area contributed by atoms with Crippen LogP contribution in [-0.4, -0.2) is 29.9 Å². The molecule has 0 unspecified atom stereocenters. The van der Waals surface area contributed by atoms with Gasteiger partial charge in [0.15, 0.2) is 23.3 Å². The Balaban J connectivity index is 1.10. The molecule has 5 aromatic carbocycles. The van der Waals surface area contributed by atoms with Gasteiger partial charge in [0.2, 0.25) is 0 Å². The predicted molar refractivity (Wildman–Crippen MR) is 191 cm³/mol. The minimum atomic E-state index is 0.606. The molecular weight excluding hydrogens is 597 g/mol. The molecule has 0 aliphatic carbocycles. The first kappa shape index (κ1) is 27.2. The van der Waals surface area contributed by atoms with E-state index in [1.807, 2.05) is 85.1 Å². The van der Waals surface area contributed by atoms with Gasteiger partial charge < -0.3 is 0 Å². The second kappa shape index (κ2) is 11.3. The largest absolute Gasteiger partial charge is 0.235 e. The van der Waals surface area contributed by atoms with Crippen molar-refractivity contribution in [2.24, 2.45) is 0 Å². The number of thiophene rings is 1. The monoisotopic (exact) mass is 620 g/mol. The van der Waals surface area contributed by atoms with Crippen molar-refractivity contribution in [2.45, 2.75) is 0 Å². The zero-order chi connectivity index (χ0) is 31.2. The van der Waals surface area contributed by atoms with E-state index < -0.39 is 0 Å². The van der Waals surface area contributed by atoms with E-state index in [1.54, 1.807) is 11.3 Å². The molecule has 7 heteroatoms. The summed E-state index contributed by atoms with van der Waals surface area (Å²) in [4.78, 5) is 30.2. The molecule has 0 radical (unpaired) electrons. The summed E-state index contributed by atoms with van der Waals surface area (Å²) >= 11 is 1.69. The quantitative estimate of drug-likeness (QED) is 0.191. The minimum absolute atomic E-state index is 0.606. The Bertz CT molecular complexity index is 2520. The van der Waals surface area contributed by atoms with Gasteiger partial charge in [-0.1, -0.05) is 109 Å². The smallest absolute Gasteiger partial charge is 0.178 e. The van der Waals surface area contributed by atoms with E-state index in [0.29, 0.717) is 23.3 Å². The molecule has 0 spiro atoms. The average Bonchev–Trinajstić information content (AvgIpc) is 3.53. The SMILES string of the molecule is c1ccc(-c2nc(-c3ccccc3)nc(-c3cccc(-c4ccc5cnc(-c6ccc7c(n6)sc6ccccc67)nc5c4)c3)n2)cc1. The summed E-state index contributed by atoms with van der Waals surface area (Å²) in [5.74, 6) is 2.50. The molecule has 0 aliphatic heterocycles. The molecule has 0 amide bonds. The lowest BCUT2D eigenvalue weighted by Gasteiger charge is -2.10. The fourth-order valence-electron chi connectivity index (χ4n) is 5.83. The maximum Gasteiger partial charge on any atom is 0.178 e. The van der Waals surface area contributed by atoms with E-state index in [4.69, 9.17) is 24.9 Å². The number of hydrogen-bond donors (Lipinski definition) is 0. The number of benzene rings is 5. The summed E-state index contributed by atoms with van der Waals surface area (Å²) in [5, 5.41) is 3.35. The van der Waals surface area contributed by atoms with Crippen LogP contribution in [0.25, 0.3) is 88.0 Å². The topological polar surface area (TPSA) is 77.3 Å². The minimum Gasteiger partial charge on any atom is -0.235 e. The van der Waals surface area contributed by atoms with Crippen LogP contribution in [0.5, 0.6) is 0 Å². The molecule has 4 aromatic heterocycles. The molecule has 6 nitrogen and oxygen atoms in total.